The third kappa shape index (κ3) is 3.87. The second kappa shape index (κ2) is 6.67. The number of aromatic nitrogens is 2. The number of benzene rings is 1. The summed E-state index contributed by atoms with van der Waals surface area (Å²) in [4.78, 5) is 20.5. The van der Waals surface area contributed by atoms with Crippen molar-refractivity contribution >= 4 is 15.9 Å². The van der Waals surface area contributed by atoms with Gasteiger partial charge in [-0.2, -0.15) is 4.98 Å². The molecule has 9 heteroatoms. The second-order valence-electron chi connectivity index (χ2n) is 5.74. The van der Waals surface area contributed by atoms with E-state index in [-0.39, 0.29) is 30.7 Å². The molecule has 1 aliphatic heterocycles. The SMILES string of the molecule is CS(=O)(=O)c1nc2c(c(OCc3ccccc3)n1)CCN(C(=O)O)C2. The van der Waals surface area contributed by atoms with Crippen molar-refractivity contribution in [3.8, 4) is 5.88 Å². The Morgan fingerprint density at radius 2 is 2.00 bits per heavy atom. The maximum Gasteiger partial charge on any atom is 0.407 e. The Bertz CT molecular complexity index is 899. The van der Waals surface area contributed by atoms with Crippen molar-refractivity contribution in [1.82, 2.24) is 14.9 Å². The van der Waals surface area contributed by atoms with Crippen molar-refractivity contribution in [3.63, 3.8) is 0 Å². The van der Waals surface area contributed by atoms with E-state index < -0.39 is 15.9 Å². The minimum absolute atomic E-state index is 0.0113. The van der Waals surface area contributed by atoms with Crippen LogP contribution in [0.5, 0.6) is 5.88 Å². The van der Waals surface area contributed by atoms with Gasteiger partial charge in [-0.1, -0.05) is 30.3 Å². The molecule has 0 unspecified atom stereocenters. The molecule has 2 heterocycles. The number of nitrogens with zero attached hydrogens (tertiary/aromatic N) is 3. The van der Waals surface area contributed by atoms with Gasteiger partial charge in [-0.15, -0.1) is 0 Å². The molecule has 0 saturated carbocycles. The smallest absolute Gasteiger partial charge is 0.407 e. The molecule has 132 valence electrons. The topological polar surface area (TPSA) is 110 Å². The Kier molecular flexibility index (Phi) is 4.58. The first-order valence-electron chi connectivity index (χ1n) is 7.59. The summed E-state index contributed by atoms with van der Waals surface area (Å²) in [6, 6.07) is 9.41. The van der Waals surface area contributed by atoms with E-state index in [0.717, 1.165) is 11.8 Å². The van der Waals surface area contributed by atoms with Crippen molar-refractivity contribution in [2.24, 2.45) is 0 Å². The highest BCUT2D eigenvalue weighted by Crippen LogP contribution is 2.27. The first-order chi connectivity index (χ1) is 11.8. The van der Waals surface area contributed by atoms with E-state index in [1.165, 1.54) is 4.90 Å². The zero-order valence-electron chi connectivity index (χ0n) is 13.5. The van der Waals surface area contributed by atoms with Crippen LogP contribution in [0, 0.1) is 0 Å². The molecule has 0 radical (unpaired) electrons. The number of ether oxygens (including phenoxy) is 1. The largest absolute Gasteiger partial charge is 0.472 e. The van der Waals surface area contributed by atoms with Crippen LogP contribution in [0.2, 0.25) is 0 Å². The summed E-state index contributed by atoms with van der Waals surface area (Å²) >= 11 is 0. The number of hydrogen-bond donors (Lipinski definition) is 1. The summed E-state index contributed by atoms with van der Waals surface area (Å²) in [6.45, 7) is 0.527. The number of fused-ring (bicyclic) bond motifs is 1. The normalized spacial score (nSPS) is 14.0. The molecule has 2 aromatic rings. The molecule has 1 aliphatic rings. The molecule has 8 nitrogen and oxygen atoms in total. The minimum atomic E-state index is -3.65. The van der Waals surface area contributed by atoms with E-state index in [2.05, 4.69) is 9.97 Å². The van der Waals surface area contributed by atoms with Crippen LogP contribution in [-0.2, 0) is 29.4 Å². The Balaban J connectivity index is 1.96. The van der Waals surface area contributed by atoms with Crippen LogP contribution < -0.4 is 4.74 Å². The molecule has 0 atom stereocenters. The Labute approximate surface area is 145 Å². The van der Waals surface area contributed by atoms with Gasteiger partial charge in [0.05, 0.1) is 12.2 Å². The van der Waals surface area contributed by atoms with Crippen LogP contribution in [0.3, 0.4) is 0 Å². The molecule has 0 aliphatic carbocycles. The lowest BCUT2D eigenvalue weighted by molar-refractivity contribution is 0.138. The summed E-state index contributed by atoms with van der Waals surface area (Å²) in [7, 11) is -3.65. The first kappa shape index (κ1) is 17.2. The molecule has 3 rings (SSSR count). The third-order valence-electron chi connectivity index (χ3n) is 3.83. The highest BCUT2D eigenvalue weighted by atomic mass is 32.2. The zero-order valence-corrected chi connectivity index (χ0v) is 14.4. The van der Waals surface area contributed by atoms with Crippen molar-refractivity contribution in [2.45, 2.75) is 24.7 Å². The Hall–Kier alpha value is -2.68. The average Bonchev–Trinajstić information content (AvgIpc) is 2.59. The average molecular weight is 363 g/mol. The van der Waals surface area contributed by atoms with E-state index >= 15 is 0 Å². The summed E-state index contributed by atoms with van der Waals surface area (Å²) in [5.74, 6) is 0.194. The molecule has 0 saturated heterocycles. The fourth-order valence-electron chi connectivity index (χ4n) is 2.55. The quantitative estimate of drug-likeness (QED) is 0.820. The van der Waals surface area contributed by atoms with Crippen LogP contribution >= 0.6 is 0 Å². The molecule has 1 aromatic heterocycles. The van der Waals surface area contributed by atoms with E-state index in [1.54, 1.807) is 0 Å². The van der Waals surface area contributed by atoms with Crippen LogP contribution in [0.1, 0.15) is 16.8 Å². The van der Waals surface area contributed by atoms with Crippen LogP contribution in [0.15, 0.2) is 35.5 Å². The molecule has 25 heavy (non-hydrogen) atoms. The predicted octanol–water partition coefficient (Wildman–Crippen LogP) is 1.50. The molecule has 1 amide bonds. The lowest BCUT2D eigenvalue weighted by atomic mass is 10.1. The Morgan fingerprint density at radius 3 is 2.64 bits per heavy atom. The van der Waals surface area contributed by atoms with Crippen molar-refractivity contribution in [3.05, 3.63) is 47.2 Å². The van der Waals surface area contributed by atoms with Gasteiger partial charge < -0.3 is 14.7 Å². The maximum atomic E-state index is 11.9. The molecule has 1 N–H and O–H groups in total. The number of hydrogen-bond acceptors (Lipinski definition) is 6. The number of amides is 1. The third-order valence-corrected chi connectivity index (χ3v) is 4.67. The number of rotatable bonds is 4. The van der Waals surface area contributed by atoms with Crippen molar-refractivity contribution in [1.29, 1.82) is 0 Å². The molecule has 0 spiro atoms. The number of carboxylic acid groups (broad SMARTS) is 1. The van der Waals surface area contributed by atoms with Gasteiger partial charge in [0, 0.05) is 18.4 Å². The van der Waals surface area contributed by atoms with E-state index in [1.807, 2.05) is 30.3 Å². The first-order valence-corrected chi connectivity index (χ1v) is 9.48. The van der Waals surface area contributed by atoms with Gasteiger partial charge in [0.2, 0.25) is 20.9 Å². The van der Waals surface area contributed by atoms with Crippen LogP contribution in [-0.4, -0.2) is 47.3 Å². The molecule has 0 fully saturated rings. The van der Waals surface area contributed by atoms with Crippen molar-refractivity contribution in [2.75, 3.05) is 12.8 Å². The van der Waals surface area contributed by atoms with E-state index in [0.29, 0.717) is 17.7 Å². The maximum absolute atomic E-state index is 11.9. The number of carbonyl (C=O) groups is 1. The summed E-state index contributed by atoms with van der Waals surface area (Å²) < 4.78 is 29.4. The highest BCUT2D eigenvalue weighted by molar-refractivity contribution is 7.90. The highest BCUT2D eigenvalue weighted by Gasteiger charge is 2.27. The lowest BCUT2D eigenvalue weighted by Gasteiger charge is -2.26. The van der Waals surface area contributed by atoms with Gasteiger partial charge >= 0.3 is 6.09 Å². The molecular weight excluding hydrogens is 346 g/mol. The van der Waals surface area contributed by atoms with Gasteiger partial charge in [-0.3, -0.25) is 0 Å². The van der Waals surface area contributed by atoms with Gasteiger partial charge in [0.1, 0.15) is 6.61 Å². The van der Waals surface area contributed by atoms with Crippen LogP contribution in [0.4, 0.5) is 4.79 Å². The monoisotopic (exact) mass is 363 g/mol. The predicted molar refractivity (Wildman–Crippen MR) is 88.1 cm³/mol. The molecule has 1 aromatic carbocycles. The van der Waals surface area contributed by atoms with E-state index in [4.69, 9.17) is 9.84 Å². The van der Waals surface area contributed by atoms with Gasteiger partial charge in [-0.05, 0) is 12.0 Å². The van der Waals surface area contributed by atoms with Crippen molar-refractivity contribution < 1.29 is 23.1 Å². The van der Waals surface area contributed by atoms with E-state index in [9.17, 15) is 13.2 Å². The minimum Gasteiger partial charge on any atom is -0.472 e. The summed E-state index contributed by atoms with van der Waals surface area (Å²) in [5, 5.41) is 8.79. The standard InChI is InChI=1S/C16H17N3O5S/c1-25(22,23)15-17-13-9-19(16(20)21)8-7-12(13)14(18-15)24-10-11-5-3-2-4-6-11/h2-6H,7-10H2,1H3,(H,20,21). The molecular formula is C16H17N3O5S. The molecule has 0 bridgehead atoms. The fraction of sp³-hybridized carbons (Fsp3) is 0.312. The van der Waals surface area contributed by atoms with Gasteiger partial charge in [-0.25, -0.2) is 18.2 Å². The lowest BCUT2D eigenvalue weighted by Crippen LogP contribution is -2.36. The number of sulfone groups is 1. The van der Waals surface area contributed by atoms with Gasteiger partial charge in [0.15, 0.2) is 0 Å². The summed E-state index contributed by atoms with van der Waals surface area (Å²) in [6.07, 6.45) is 0.306. The van der Waals surface area contributed by atoms with Gasteiger partial charge in [0.25, 0.3) is 0 Å². The van der Waals surface area contributed by atoms with Crippen LogP contribution in [0.25, 0.3) is 0 Å². The summed E-state index contributed by atoms with van der Waals surface area (Å²) in [5.41, 5.74) is 1.94. The fourth-order valence-corrected chi connectivity index (χ4v) is 3.07. The Morgan fingerprint density at radius 1 is 1.28 bits per heavy atom. The second-order valence-corrected chi connectivity index (χ2v) is 7.65. The zero-order chi connectivity index (χ0) is 18.0.